The molecular formula is C17H17ClN2O. The van der Waals surface area contributed by atoms with Gasteiger partial charge in [-0.25, -0.2) is 5.43 Å². The van der Waals surface area contributed by atoms with Crippen LogP contribution in [0.15, 0.2) is 53.6 Å². The number of rotatable bonds is 4. The molecule has 0 saturated heterocycles. The van der Waals surface area contributed by atoms with Crippen molar-refractivity contribution in [3.8, 4) is 0 Å². The molecule has 4 heteroatoms. The number of benzene rings is 2. The molecule has 21 heavy (non-hydrogen) atoms. The summed E-state index contributed by atoms with van der Waals surface area (Å²) < 4.78 is 0. The van der Waals surface area contributed by atoms with Crippen molar-refractivity contribution < 1.29 is 4.79 Å². The third kappa shape index (κ3) is 3.92. The van der Waals surface area contributed by atoms with E-state index in [2.05, 4.69) is 29.6 Å². The first-order chi connectivity index (χ1) is 10.1. The van der Waals surface area contributed by atoms with E-state index in [1.54, 1.807) is 24.3 Å². The van der Waals surface area contributed by atoms with Crippen LogP contribution in [0.3, 0.4) is 0 Å². The molecule has 0 aliphatic carbocycles. The molecular weight excluding hydrogens is 284 g/mol. The Morgan fingerprint density at radius 3 is 2.43 bits per heavy atom. The lowest BCUT2D eigenvalue weighted by molar-refractivity contribution is 0.0955. The zero-order valence-electron chi connectivity index (χ0n) is 12.1. The van der Waals surface area contributed by atoms with E-state index >= 15 is 0 Å². The largest absolute Gasteiger partial charge is 0.272 e. The molecule has 108 valence electrons. The predicted molar refractivity (Wildman–Crippen MR) is 86.9 cm³/mol. The van der Waals surface area contributed by atoms with Gasteiger partial charge in [0.1, 0.15) is 0 Å². The second kappa shape index (κ2) is 7.04. The summed E-state index contributed by atoms with van der Waals surface area (Å²) in [7, 11) is 0. The van der Waals surface area contributed by atoms with E-state index in [0.717, 1.165) is 17.7 Å². The third-order valence-electron chi connectivity index (χ3n) is 3.22. The van der Waals surface area contributed by atoms with E-state index in [9.17, 15) is 4.79 Å². The third-order valence-corrected chi connectivity index (χ3v) is 3.55. The number of carbonyl (C=O) groups is 1. The monoisotopic (exact) mass is 300 g/mol. The van der Waals surface area contributed by atoms with Crippen molar-refractivity contribution in [1.82, 2.24) is 5.43 Å². The van der Waals surface area contributed by atoms with Crippen LogP contribution in [0.2, 0.25) is 5.02 Å². The maximum atomic E-state index is 12.0. The number of nitrogens with one attached hydrogen (secondary N) is 1. The number of hydrazone groups is 1. The maximum absolute atomic E-state index is 12.0. The Balaban J connectivity index is 2.09. The molecule has 0 radical (unpaired) electrons. The van der Waals surface area contributed by atoms with Crippen molar-refractivity contribution in [1.29, 1.82) is 0 Å². The molecule has 0 saturated carbocycles. The SMILES string of the molecule is CCc1ccc(C(C)=NNC(=O)c2ccccc2Cl)cc1. The van der Waals surface area contributed by atoms with Gasteiger partial charge in [-0.1, -0.05) is 54.9 Å². The Labute approximate surface area is 129 Å². The van der Waals surface area contributed by atoms with E-state index in [4.69, 9.17) is 11.6 Å². The summed E-state index contributed by atoms with van der Waals surface area (Å²) in [5, 5.41) is 4.54. The molecule has 2 rings (SSSR count). The number of hydrogen-bond acceptors (Lipinski definition) is 2. The van der Waals surface area contributed by atoms with Crippen molar-refractivity contribution in [2.24, 2.45) is 5.10 Å². The second-order valence-electron chi connectivity index (χ2n) is 4.67. The Bertz CT molecular complexity index is 663. The van der Waals surface area contributed by atoms with Gasteiger partial charge in [0.25, 0.3) is 5.91 Å². The lowest BCUT2D eigenvalue weighted by atomic mass is 10.1. The van der Waals surface area contributed by atoms with Gasteiger partial charge >= 0.3 is 0 Å². The summed E-state index contributed by atoms with van der Waals surface area (Å²) in [6, 6.07) is 15.0. The summed E-state index contributed by atoms with van der Waals surface area (Å²) in [6.45, 7) is 3.97. The zero-order valence-corrected chi connectivity index (χ0v) is 12.8. The van der Waals surface area contributed by atoms with Crippen LogP contribution in [0.25, 0.3) is 0 Å². The molecule has 0 aliphatic heterocycles. The fourth-order valence-electron chi connectivity index (χ4n) is 1.89. The number of aryl methyl sites for hydroxylation is 1. The Morgan fingerprint density at radius 1 is 1.14 bits per heavy atom. The first-order valence-electron chi connectivity index (χ1n) is 6.80. The number of hydrogen-bond donors (Lipinski definition) is 1. The van der Waals surface area contributed by atoms with Gasteiger partial charge in [0.05, 0.1) is 16.3 Å². The van der Waals surface area contributed by atoms with Gasteiger partial charge in [0, 0.05) is 0 Å². The lowest BCUT2D eigenvalue weighted by Gasteiger charge is -2.05. The van der Waals surface area contributed by atoms with Crippen LogP contribution in [0.1, 0.15) is 35.3 Å². The standard InChI is InChI=1S/C17H17ClN2O/c1-3-13-8-10-14(11-9-13)12(2)19-20-17(21)15-6-4-5-7-16(15)18/h4-11H,3H2,1-2H3,(H,20,21). The molecule has 0 spiro atoms. The molecule has 0 fully saturated rings. The van der Waals surface area contributed by atoms with Gasteiger partial charge in [-0.3, -0.25) is 4.79 Å². The highest BCUT2D eigenvalue weighted by Gasteiger charge is 2.08. The Morgan fingerprint density at radius 2 is 1.81 bits per heavy atom. The summed E-state index contributed by atoms with van der Waals surface area (Å²) in [4.78, 5) is 12.0. The first-order valence-corrected chi connectivity index (χ1v) is 7.18. The van der Waals surface area contributed by atoms with Crippen molar-refractivity contribution >= 4 is 23.2 Å². The van der Waals surface area contributed by atoms with Crippen LogP contribution in [0, 0.1) is 0 Å². The van der Waals surface area contributed by atoms with E-state index in [1.165, 1.54) is 5.56 Å². The van der Waals surface area contributed by atoms with Gasteiger partial charge in [0.15, 0.2) is 0 Å². The highest BCUT2D eigenvalue weighted by molar-refractivity contribution is 6.33. The topological polar surface area (TPSA) is 41.5 Å². The minimum absolute atomic E-state index is 0.315. The van der Waals surface area contributed by atoms with Gasteiger partial charge in [-0.15, -0.1) is 0 Å². The average molecular weight is 301 g/mol. The predicted octanol–water partition coefficient (Wildman–Crippen LogP) is 4.06. The smallest absolute Gasteiger partial charge is 0.267 e. The molecule has 0 atom stereocenters. The molecule has 0 heterocycles. The fraction of sp³-hybridized carbons (Fsp3) is 0.176. The molecule has 2 aromatic carbocycles. The summed E-state index contributed by atoms with van der Waals surface area (Å²) in [5.74, 6) is -0.315. The quantitative estimate of drug-likeness (QED) is 0.671. The normalized spacial score (nSPS) is 11.3. The lowest BCUT2D eigenvalue weighted by Crippen LogP contribution is -2.19. The molecule has 1 N–H and O–H groups in total. The van der Waals surface area contributed by atoms with Gasteiger partial charge in [-0.05, 0) is 36.6 Å². The van der Waals surface area contributed by atoms with Gasteiger partial charge < -0.3 is 0 Å². The van der Waals surface area contributed by atoms with Crippen LogP contribution in [0.5, 0.6) is 0 Å². The fourth-order valence-corrected chi connectivity index (χ4v) is 2.11. The molecule has 3 nitrogen and oxygen atoms in total. The highest BCUT2D eigenvalue weighted by atomic mass is 35.5. The van der Waals surface area contributed by atoms with Gasteiger partial charge in [0.2, 0.25) is 0 Å². The second-order valence-corrected chi connectivity index (χ2v) is 5.08. The number of carbonyl (C=O) groups excluding carboxylic acids is 1. The molecule has 2 aromatic rings. The van der Waals surface area contributed by atoms with E-state index in [-0.39, 0.29) is 5.91 Å². The number of amides is 1. The Hall–Kier alpha value is -2.13. The van der Waals surface area contributed by atoms with Crippen molar-refractivity contribution in [3.05, 3.63) is 70.2 Å². The van der Waals surface area contributed by atoms with E-state index in [1.807, 2.05) is 19.1 Å². The Kier molecular flexibility index (Phi) is 5.12. The minimum Gasteiger partial charge on any atom is -0.267 e. The molecule has 0 bridgehead atoms. The highest BCUT2D eigenvalue weighted by Crippen LogP contribution is 2.14. The van der Waals surface area contributed by atoms with Crippen LogP contribution >= 0.6 is 11.6 Å². The van der Waals surface area contributed by atoms with E-state index in [0.29, 0.717) is 10.6 Å². The zero-order chi connectivity index (χ0) is 15.2. The first kappa shape index (κ1) is 15.3. The molecule has 1 amide bonds. The van der Waals surface area contributed by atoms with Crippen molar-refractivity contribution in [2.45, 2.75) is 20.3 Å². The summed E-state index contributed by atoms with van der Waals surface area (Å²) >= 11 is 5.98. The van der Waals surface area contributed by atoms with Crippen molar-refractivity contribution in [3.63, 3.8) is 0 Å². The number of nitrogens with zero attached hydrogens (tertiary/aromatic N) is 1. The maximum Gasteiger partial charge on any atom is 0.272 e. The molecule has 0 unspecified atom stereocenters. The van der Waals surface area contributed by atoms with Crippen molar-refractivity contribution in [2.75, 3.05) is 0 Å². The average Bonchev–Trinajstić information content (AvgIpc) is 2.52. The molecule has 0 aliphatic rings. The summed E-state index contributed by atoms with van der Waals surface area (Å²) in [6.07, 6.45) is 1.000. The van der Waals surface area contributed by atoms with Crippen LogP contribution in [-0.4, -0.2) is 11.6 Å². The summed E-state index contributed by atoms with van der Waals surface area (Å²) in [5.41, 5.74) is 5.94. The van der Waals surface area contributed by atoms with Crippen LogP contribution in [0.4, 0.5) is 0 Å². The van der Waals surface area contributed by atoms with Crippen LogP contribution < -0.4 is 5.43 Å². The number of halogens is 1. The minimum atomic E-state index is -0.315. The molecule has 0 aromatic heterocycles. The van der Waals surface area contributed by atoms with Gasteiger partial charge in [-0.2, -0.15) is 5.10 Å². The van der Waals surface area contributed by atoms with E-state index < -0.39 is 0 Å². The van der Waals surface area contributed by atoms with Crippen LogP contribution in [-0.2, 0) is 6.42 Å².